The Balaban J connectivity index is 1.74. The van der Waals surface area contributed by atoms with Crippen molar-refractivity contribution in [2.45, 2.75) is 20.8 Å². The minimum absolute atomic E-state index is 0.107. The summed E-state index contributed by atoms with van der Waals surface area (Å²) in [4.78, 5) is 17.9. The van der Waals surface area contributed by atoms with E-state index in [4.69, 9.17) is 4.98 Å². The van der Waals surface area contributed by atoms with Crippen molar-refractivity contribution in [1.29, 1.82) is 0 Å². The molecule has 0 unspecified atom stereocenters. The van der Waals surface area contributed by atoms with E-state index in [1.165, 1.54) is 11.1 Å². The molecule has 1 aliphatic carbocycles. The molecule has 1 aliphatic rings. The summed E-state index contributed by atoms with van der Waals surface area (Å²) < 4.78 is 0. The maximum atomic E-state index is 13.1. The van der Waals surface area contributed by atoms with E-state index in [2.05, 4.69) is 45.0 Å². The molecule has 0 spiro atoms. The standard InChI is InChI=1S/C25H19NO/c1-14-11-15(2)13-17(12-14)21-9-7-18-22(26-21)10-8-19-23-16(3)5-4-6-20(23)25(27)24(18)19/h4-13H,1-3H3. The normalized spacial score (nSPS) is 12.3. The van der Waals surface area contributed by atoms with E-state index in [-0.39, 0.29) is 5.78 Å². The van der Waals surface area contributed by atoms with Gasteiger partial charge in [0.1, 0.15) is 0 Å². The van der Waals surface area contributed by atoms with Gasteiger partial charge in [0.25, 0.3) is 0 Å². The Hall–Kier alpha value is -3.26. The van der Waals surface area contributed by atoms with E-state index in [9.17, 15) is 4.79 Å². The van der Waals surface area contributed by atoms with Crippen molar-refractivity contribution in [3.63, 3.8) is 0 Å². The third-order valence-corrected chi connectivity index (χ3v) is 5.40. The average molecular weight is 349 g/mol. The van der Waals surface area contributed by atoms with Crippen LogP contribution in [0.4, 0.5) is 0 Å². The molecule has 27 heavy (non-hydrogen) atoms. The van der Waals surface area contributed by atoms with Gasteiger partial charge in [-0.1, -0.05) is 41.5 Å². The Kier molecular flexibility index (Phi) is 3.32. The Morgan fingerprint density at radius 1 is 0.741 bits per heavy atom. The predicted molar refractivity (Wildman–Crippen MR) is 110 cm³/mol. The van der Waals surface area contributed by atoms with E-state index in [0.717, 1.165) is 50.0 Å². The summed E-state index contributed by atoms with van der Waals surface area (Å²) in [7, 11) is 0. The summed E-state index contributed by atoms with van der Waals surface area (Å²) in [6.07, 6.45) is 0. The fourth-order valence-corrected chi connectivity index (χ4v) is 4.29. The van der Waals surface area contributed by atoms with Crippen LogP contribution >= 0.6 is 0 Å². The summed E-state index contributed by atoms with van der Waals surface area (Å²) in [5.74, 6) is 0.107. The molecule has 2 heteroatoms. The maximum Gasteiger partial charge on any atom is 0.194 e. The van der Waals surface area contributed by atoms with Crippen LogP contribution < -0.4 is 0 Å². The first kappa shape index (κ1) is 16.0. The molecule has 0 amide bonds. The van der Waals surface area contributed by atoms with Gasteiger partial charge in [-0.15, -0.1) is 0 Å². The number of benzene rings is 3. The van der Waals surface area contributed by atoms with Crippen LogP contribution in [0.5, 0.6) is 0 Å². The number of fused-ring (bicyclic) bond motifs is 5. The first-order valence-electron chi connectivity index (χ1n) is 9.20. The van der Waals surface area contributed by atoms with Gasteiger partial charge >= 0.3 is 0 Å². The minimum atomic E-state index is 0.107. The number of hydrogen-bond donors (Lipinski definition) is 0. The lowest BCUT2D eigenvalue weighted by atomic mass is 9.98. The van der Waals surface area contributed by atoms with Gasteiger partial charge in [-0.25, -0.2) is 4.98 Å². The van der Waals surface area contributed by atoms with Gasteiger partial charge in [0.15, 0.2) is 5.78 Å². The maximum absolute atomic E-state index is 13.1. The average Bonchev–Trinajstić information content (AvgIpc) is 2.94. The third kappa shape index (κ3) is 2.33. The fraction of sp³-hybridized carbons (Fsp3) is 0.120. The number of carbonyl (C=O) groups is 1. The van der Waals surface area contributed by atoms with Crippen molar-refractivity contribution in [1.82, 2.24) is 4.98 Å². The van der Waals surface area contributed by atoms with E-state index in [0.29, 0.717) is 0 Å². The van der Waals surface area contributed by atoms with Crippen molar-refractivity contribution < 1.29 is 4.79 Å². The van der Waals surface area contributed by atoms with Crippen LogP contribution in [0, 0.1) is 20.8 Å². The van der Waals surface area contributed by atoms with Crippen LogP contribution in [-0.4, -0.2) is 10.8 Å². The van der Waals surface area contributed by atoms with Crippen molar-refractivity contribution in [3.8, 4) is 22.4 Å². The van der Waals surface area contributed by atoms with Crippen LogP contribution in [0.1, 0.15) is 32.6 Å². The third-order valence-electron chi connectivity index (χ3n) is 5.40. The lowest BCUT2D eigenvalue weighted by Gasteiger charge is -2.09. The monoisotopic (exact) mass is 349 g/mol. The molecule has 0 fully saturated rings. The topological polar surface area (TPSA) is 30.0 Å². The molecule has 130 valence electrons. The molecule has 0 atom stereocenters. The molecule has 0 bridgehead atoms. The van der Waals surface area contributed by atoms with Gasteiger partial charge in [-0.2, -0.15) is 0 Å². The number of aryl methyl sites for hydroxylation is 3. The second-order valence-electron chi connectivity index (χ2n) is 7.45. The zero-order chi connectivity index (χ0) is 18.7. The van der Waals surface area contributed by atoms with Gasteiger partial charge in [0.05, 0.1) is 11.2 Å². The van der Waals surface area contributed by atoms with Crippen molar-refractivity contribution in [3.05, 3.63) is 88.5 Å². The predicted octanol–water partition coefficient (Wildman–Crippen LogP) is 6.04. The smallest absolute Gasteiger partial charge is 0.194 e. The Labute approximate surface area is 158 Å². The molecule has 4 aromatic rings. The highest BCUT2D eigenvalue weighted by atomic mass is 16.1. The van der Waals surface area contributed by atoms with Crippen LogP contribution in [0.3, 0.4) is 0 Å². The minimum Gasteiger partial charge on any atom is -0.289 e. The van der Waals surface area contributed by atoms with Crippen molar-refractivity contribution >= 4 is 16.7 Å². The van der Waals surface area contributed by atoms with Gasteiger partial charge in [-0.3, -0.25) is 4.79 Å². The van der Waals surface area contributed by atoms with Crippen molar-refractivity contribution in [2.24, 2.45) is 0 Å². The largest absolute Gasteiger partial charge is 0.289 e. The Morgan fingerprint density at radius 3 is 2.30 bits per heavy atom. The molecule has 5 rings (SSSR count). The lowest BCUT2D eigenvalue weighted by Crippen LogP contribution is -1.97. The quantitative estimate of drug-likeness (QED) is 0.369. The molecule has 1 heterocycles. The summed E-state index contributed by atoms with van der Waals surface area (Å²) >= 11 is 0. The van der Waals surface area contributed by atoms with Crippen LogP contribution in [0.25, 0.3) is 33.3 Å². The van der Waals surface area contributed by atoms with E-state index < -0.39 is 0 Å². The first-order valence-corrected chi connectivity index (χ1v) is 9.20. The molecule has 1 aromatic heterocycles. The molecule has 0 N–H and O–H groups in total. The fourth-order valence-electron chi connectivity index (χ4n) is 4.29. The summed E-state index contributed by atoms with van der Waals surface area (Å²) in [6, 6.07) is 20.6. The number of nitrogens with zero attached hydrogens (tertiary/aromatic N) is 1. The highest BCUT2D eigenvalue weighted by molar-refractivity contribution is 6.27. The van der Waals surface area contributed by atoms with Crippen molar-refractivity contribution in [2.75, 3.05) is 0 Å². The molecule has 2 nitrogen and oxygen atoms in total. The van der Waals surface area contributed by atoms with E-state index in [1.54, 1.807) is 0 Å². The van der Waals surface area contributed by atoms with Crippen LogP contribution in [0.15, 0.2) is 60.7 Å². The SMILES string of the molecule is Cc1cc(C)cc(-c2ccc3c4c(ccc3n2)-c2c(C)cccc2C4=O)c1. The zero-order valence-corrected chi connectivity index (χ0v) is 15.6. The van der Waals surface area contributed by atoms with Crippen LogP contribution in [-0.2, 0) is 0 Å². The number of carbonyl (C=O) groups excluding carboxylic acids is 1. The molecule has 0 saturated heterocycles. The first-order chi connectivity index (χ1) is 13.0. The summed E-state index contributed by atoms with van der Waals surface area (Å²) in [5, 5.41) is 0.932. The second-order valence-corrected chi connectivity index (χ2v) is 7.45. The second kappa shape index (κ2) is 5.62. The van der Waals surface area contributed by atoms with E-state index in [1.807, 2.05) is 36.4 Å². The molecular formula is C25H19NO. The number of rotatable bonds is 1. The molecular weight excluding hydrogens is 330 g/mol. The summed E-state index contributed by atoms with van der Waals surface area (Å²) in [6.45, 7) is 6.26. The molecule has 0 saturated carbocycles. The number of aromatic nitrogens is 1. The Morgan fingerprint density at radius 2 is 1.52 bits per heavy atom. The van der Waals surface area contributed by atoms with Gasteiger partial charge in [-0.05, 0) is 67.8 Å². The van der Waals surface area contributed by atoms with Gasteiger partial charge < -0.3 is 0 Å². The molecule has 3 aromatic carbocycles. The molecule has 0 aliphatic heterocycles. The highest BCUT2D eigenvalue weighted by Crippen LogP contribution is 2.42. The molecule has 0 radical (unpaired) electrons. The van der Waals surface area contributed by atoms with E-state index >= 15 is 0 Å². The zero-order valence-electron chi connectivity index (χ0n) is 15.6. The number of ketones is 1. The highest BCUT2D eigenvalue weighted by Gasteiger charge is 2.29. The lowest BCUT2D eigenvalue weighted by molar-refractivity contribution is 0.104. The summed E-state index contributed by atoms with van der Waals surface area (Å²) in [5.41, 5.74) is 10.2. The van der Waals surface area contributed by atoms with Gasteiger partial charge in [0.2, 0.25) is 0 Å². The number of pyridine rings is 1. The Bertz CT molecular complexity index is 1250. The van der Waals surface area contributed by atoms with Crippen LogP contribution in [0.2, 0.25) is 0 Å². The number of hydrogen-bond acceptors (Lipinski definition) is 2. The van der Waals surface area contributed by atoms with Gasteiger partial charge in [0, 0.05) is 22.1 Å².